The van der Waals surface area contributed by atoms with Crippen LogP contribution in [0.3, 0.4) is 0 Å². The third-order valence-corrected chi connectivity index (χ3v) is 4.41. The molecule has 1 aromatic rings. The van der Waals surface area contributed by atoms with E-state index in [0.29, 0.717) is 24.2 Å². The lowest BCUT2D eigenvalue weighted by Gasteiger charge is -2.47. The number of aromatic hydroxyl groups is 2. The summed E-state index contributed by atoms with van der Waals surface area (Å²) in [4.78, 5) is 11.7. The van der Waals surface area contributed by atoms with E-state index in [1.807, 2.05) is 13.8 Å². The molecule has 1 aromatic carbocycles. The largest absolute Gasteiger partial charge is 0.508 e. The van der Waals surface area contributed by atoms with Gasteiger partial charge in [0, 0.05) is 42.4 Å². The van der Waals surface area contributed by atoms with Gasteiger partial charge in [0.05, 0.1) is 0 Å². The van der Waals surface area contributed by atoms with E-state index in [1.165, 1.54) is 12.1 Å². The van der Waals surface area contributed by atoms with Crippen LogP contribution >= 0.6 is 0 Å². The van der Waals surface area contributed by atoms with Crippen molar-refractivity contribution in [1.29, 1.82) is 0 Å². The molecule has 4 heteroatoms. The van der Waals surface area contributed by atoms with E-state index in [9.17, 15) is 15.0 Å². The van der Waals surface area contributed by atoms with Crippen molar-refractivity contribution in [3.63, 3.8) is 0 Å². The summed E-state index contributed by atoms with van der Waals surface area (Å²) in [6.07, 6.45) is 1.82. The highest BCUT2D eigenvalue weighted by molar-refractivity contribution is 5.81. The molecule has 1 aliphatic carbocycles. The van der Waals surface area contributed by atoms with Crippen molar-refractivity contribution in [2.45, 2.75) is 44.6 Å². The maximum absolute atomic E-state index is 11.7. The molecule has 0 bridgehead atoms. The third kappa shape index (κ3) is 1.86. The van der Waals surface area contributed by atoms with Gasteiger partial charge in [0.15, 0.2) is 0 Å². The van der Waals surface area contributed by atoms with Gasteiger partial charge in [0.25, 0.3) is 0 Å². The molecule has 102 valence electrons. The second kappa shape index (κ2) is 3.89. The molecule has 19 heavy (non-hydrogen) atoms. The lowest BCUT2D eigenvalue weighted by Crippen LogP contribution is -2.46. The first-order valence-electron chi connectivity index (χ1n) is 6.65. The highest BCUT2D eigenvalue weighted by atomic mass is 16.5. The van der Waals surface area contributed by atoms with Crippen LogP contribution in [0.15, 0.2) is 12.1 Å². The highest BCUT2D eigenvalue weighted by Crippen LogP contribution is 2.54. The number of carbonyl (C=O) groups excluding carboxylic acids is 1. The first-order valence-corrected chi connectivity index (χ1v) is 6.65. The topological polar surface area (TPSA) is 66.8 Å². The zero-order chi connectivity index (χ0) is 13.8. The summed E-state index contributed by atoms with van der Waals surface area (Å²) >= 11 is 0. The quantitative estimate of drug-likeness (QED) is 0.754. The Morgan fingerprint density at radius 2 is 2.05 bits per heavy atom. The van der Waals surface area contributed by atoms with Gasteiger partial charge >= 0.3 is 0 Å². The number of fused-ring (bicyclic) bond motifs is 3. The standard InChI is InChI=1S/C15H18O4/c1-15(2)11-4-3-8(16)5-10(11)14-12(18)6-9(17)7-13(14)19-15/h6-7,10-11,17-18H,3-5H2,1-2H3/t10-,11-/m1/s1. The Bertz CT molecular complexity index is 547. The number of carbonyl (C=O) groups is 1. The van der Waals surface area contributed by atoms with Crippen molar-refractivity contribution in [2.75, 3.05) is 0 Å². The van der Waals surface area contributed by atoms with Crippen molar-refractivity contribution in [3.05, 3.63) is 17.7 Å². The fourth-order valence-electron chi connectivity index (χ4n) is 3.56. The minimum Gasteiger partial charge on any atom is -0.508 e. The Labute approximate surface area is 112 Å². The van der Waals surface area contributed by atoms with Gasteiger partial charge in [-0.2, -0.15) is 0 Å². The van der Waals surface area contributed by atoms with E-state index in [2.05, 4.69) is 0 Å². The fraction of sp³-hybridized carbons (Fsp3) is 0.533. The Morgan fingerprint density at radius 1 is 1.32 bits per heavy atom. The Balaban J connectivity index is 2.15. The summed E-state index contributed by atoms with van der Waals surface area (Å²) in [6.45, 7) is 4.01. The number of hydrogen-bond acceptors (Lipinski definition) is 4. The first kappa shape index (κ1) is 12.3. The van der Waals surface area contributed by atoms with Crippen LogP contribution < -0.4 is 4.74 Å². The average Bonchev–Trinajstić information content (AvgIpc) is 2.25. The first-order chi connectivity index (χ1) is 8.88. The normalized spacial score (nSPS) is 28.2. The van der Waals surface area contributed by atoms with Gasteiger partial charge in [-0.25, -0.2) is 0 Å². The van der Waals surface area contributed by atoms with Crippen molar-refractivity contribution in [1.82, 2.24) is 0 Å². The molecule has 0 saturated heterocycles. The lowest BCUT2D eigenvalue weighted by atomic mass is 9.66. The van der Waals surface area contributed by atoms with Crippen LogP contribution in [0, 0.1) is 5.92 Å². The van der Waals surface area contributed by atoms with Crippen LogP contribution in [0.1, 0.15) is 44.6 Å². The maximum Gasteiger partial charge on any atom is 0.133 e. The molecule has 0 spiro atoms. The minimum atomic E-state index is -0.390. The van der Waals surface area contributed by atoms with E-state index in [-0.39, 0.29) is 29.1 Å². The number of rotatable bonds is 0. The van der Waals surface area contributed by atoms with Crippen LogP contribution in [0.5, 0.6) is 17.2 Å². The predicted molar refractivity (Wildman–Crippen MR) is 69.6 cm³/mol. The monoisotopic (exact) mass is 262 g/mol. The van der Waals surface area contributed by atoms with Crippen LogP contribution in [0.4, 0.5) is 0 Å². The number of phenols is 2. The van der Waals surface area contributed by atoms with Crippen LogP contribution in [-0.4, -0.2) is 21.6 Å². The van der Waals surface area contributed by atoms with Crippen molar-refractivity contribution in [2.24, 2.45) is 5.92 Å². The zero-order valence-corrected chi connectivity index (χ0v) is 11.1. The molecule has 0 amide bonds. The van der Waals surface area contributed by atoms with Gasteiger partial charge in [0.2, 0.25) is 0 Å². The summed E-state index contributed by atoms with van der Waals surface area (Å²) in [7, 11) is 0. The number of benzene rings is 1. The predicted octanol–water partition coefficient (Wildman–Crippen LogP) is 2.72. The molecule has 0 unspecified atom stereocenters. The number of ketones is 1. The van der Waals surface area contributed by atoms with Gasteiger partial charge < -0.3 is 14.9 Å². The lowest BCUT2D eigenvalue weighted by molar-refractivity contribution is -0.124. The fourth-order valence-corrected chi connectivity index (χ4v) is 3.56. The molecule has 2 atom stereocenters. The van der Waals surface area contributed by atoms with Gasteiger partial charge in [-0.15, -0.1) is 0 Å². The van der Waals surface area contributed by atoms with Crippen LogP contribution in [0.25, 0.3) is 0 Å². The minimum absolute atomic E-state index is 0.0133. The van der Waals surface area contributed by atoms with E-state index in [0.717, 1.165) is 6.42 Å². The summed E-state index contributed by atoms with van der Waals surface area (Å²) in [6, 6.07) is 2.84. The van der Waals surface area contributed by atoms with Gasteiger partial charge in [-0.1, -0.05) is 0 Å². The molecular formula is C15H18O4. The summed E-state index contributed by atoms with van der Waals surface area (Å²) < 4.78 is 5.95. The molecule has 1 fully saturated rings. The second-order valence-electron chi connectivity index (χ2n) is 6.08. The van der Waals surface area contributed by atoms with E-state index in [1.54, 1.807) is 0 Å². The zero-order valence-electron chi connectivity index (χ0n) is 11.1. The highest BCUT2D eigenvalue weighted by Gasteiger charge is 2.47. The Morgan fingerprint density at radius 3 is 2.79 bits per heavy atom. The molecule has 0 radical (unpaired) electrons. The summed E-state index contributed by atoms with van der Waals surface area (Å²) in [5, 5.41) is 19.7. The smallest absolute Gasteiger partial charge is 0.133 e. The van der Waals surface area contributed by atoms with Crippen molar-refractivity contribution in [3.8, 4) is 17.2 Å². The molecule has 1 saturated carbocycles. The van der Waals surface area contributed by atoms with E-state index in [4.69, 9.17) is 4.74 Å². The average molecular weight is 262 g/mol. The molecule has 4 nitrogen and oxygen atoms in total. The maximum atomic E-state index is 11.7. The van der Waals surface area contributed by atoms with E-state index >= 15 is 0 Å². The second-order valence-corrected chi connectivity index (χ2v) is 6.08. The van der Waals surface area contributed by atoms with Crippen LogP contribution in [-0.2, 0) is 4.79 Å². The number of hydrogen-bond donors (Lipinski definition) is 2. The van der Waals surface area contributed by atoms with Gasteiger partial charge in [-0.3, -0.25) is 4.79 Å². The van der Waals surface area contributed by atoms with Crippen molar-refractivity contribution < 1.29 is 19.7 Å². The van der Waals surface area contributed by atoms with Crippen LogP contribution in [0.2, 0.25) is 0 Å². The summed E-state index contributed by atoms with van der Waals surface area (Å²) in [5.74, 6) is 0.937. The van der Waals surface area contributed by atoms with E-state index < -0.39 is 5.60 Å². The van der Waals surface area contributed by atoms with Gasteiger partial charge in [-0.05, 0) is 20.3 Å². The molecule has 2 N–H and O–H groups in total. The number of phenolic OH excluding ortho intramolecular Hbond substituents is 2. The molecule has 2 aliphatic rings. The van der Waals surface area contributed by atoms with Gasteiger partial charge in [0.1, 0.15) is 28.6 Å². The molecule has 1 aliphatic heterocycles. The molecule has 3 rings (SSSR count). The van der Waals surface area contributed by atoms with Crippen molar-refractivity contribution >= 4 is 5.78 Å². The molecule has 0 aromatic heterocycles. The summed E-state index contributed by atoms with van der Waals surface area (Å²) in [5.41, 5.74) is 0.286. The SMILES string of the molecule is CC1(C)Oc2cc(O)cc(O)c2[C@@H]2CC(=O)CC[C@H]21. The Hall–Kier alpha value is -1.71. The number of Topliss-reactive ketones (excluding diaryl/α,β-unsaturated/α-hetero) is 1. The Kier molecular flexibility index (Phi) is 2.52. The molecule has 1 heterocycles. The molecular weight excluding hydrogens is 244 g/mol. The number of ether oxygens (including phenoxy) is 1. The third-order valence-electron chi connectivity index (χ3n) is 4.41.